The fraction of sp³-hybridized carbons (Fsp3) is 0.400. The van der Waals surface area contributed by atoms with Gasteiger partial charge in [-0.25, -0.2) is 0 Å². The molecule has 0 aromatic carbocycles. The highest BCUT2D eigenvalue weighted by molar-refractivity contribution is 7.10. The van der Waals surface area contributed by atoms with Gasteiger partial charge in [-0.15, -0.1) is 11.3 Å². The van der Waals surface area contributed by atoms with E-state index < -0.39 is 0 Å². The summed E-state index contributed by atoms with van der Waals surface area (Å²) in [5.74, 6) is 0. The van der Waals surface area contributed by atoms with Crippen molar-refractivity contribution >= 4 is 17.4 Å². The summed E-state index contributed by atoms with van der Waals surface area (Å²) < 4.78 is 0. The monoisotopic (exact) mass is 181 g/mol. The highest BCUT2D eigenvalue weighted by Gasteiger charge is 2.00. The zero-order valence-corrected chi connectivity index (χ0v) is 8.40. The first-order valence-corrected chi connectivity index (χ1v) is 5.09. The molecule has 1 rings (SSSR count). The van der Waals surface area contributed by atoms with E-state index in [1.54, 1.807) is 11.3 Å². The normalized spacial score (nSPS) is 14.8. The van der Waals surface area contributed by atoms with Crippen LogP contribution in [0.3, 0.4) is 0 Å². The first-order valence-electron chi connectivity index (χ1n) is 4.21. The van der Waals surface area contributed by atoms with Crippen LogP contribution in [0.2, 0.25) is 0 Å². The fourth-order valence-corrected chi connectivity index (χ4v) is 1.75. The lowest BCUT2D eigenvalue weighted by Gasteiger charge is -2.07. The summed E-state index contributed by atoms with van der Waals surface area (Å²) >= 11 is 1.75. The topological polar surface area (TPSA) is 26.0 Å². The first kappa shape index (κ1) is 9.49. The fourth-order valence-electron chi connectivity index (χ4n) is 1.03. The van der Waals surface area contributed by atoms with Gasteiger partial charge >= 0.3 is 0 Å². The molecule has 0 saturated heterocycles. The van der Waals surface area contributed by atoms with Gasteiger partial charge in [-0.3, -0.25) is 0 Å². The van der Waals surface area contributed by atoms with E-state index in [0.29, 0.717) is 0 Å². The molecule has 0 aliphatic heterocycles. The number of hydrogen-bond donors (Lipinski definition) is 1. The van der Waals surface area contributed by atoms with Crippen molar-refractivity contribution in [3.8, 4) is 0 Å². The Morgan fingerprint density at radius 1 is 1.75 bits per heavy atom. The molecular weight excluding hydrogens is 166 g/mol. The predicted octanol–water partition coefficient (Wildman–Crippen LogP) is 2.89. The Morgan fingerprint density at radius 2 is 2.50 bits per heavy atom. The van der Waals surface area contributed by atoms with Crippen molar-refractivity contribution in [2.75, 3.05) is 0 Å². The van der Waals surface area contributed by atoms with Gasteiger partial charge < -0.3 is 5.73 Å². The molecule has 0 saturated carbocycles. The Kier molecular flexibility index (Phi) is 3.50. The molecule has 1 heterocycles. The molecule has 0 amide bonds. The van der Waals surface area contributed by atoms with E-state index in [0.717, 1.165) is 6.42 Å². The quantitative estimate of drug-likeness (QED) is 0.762. The summed E-state index contributed by atoms with van der Waals surface area (Å²) in [5.41, 5.74) is 7.13. The van der Waals surface area contributed by atoms with Crippen molar-refractivity contribution in [2.45, 2.75) is 26.3 Å². The summed E-state index contributed by atoms with van der Waals surface area (Å²) in [6.45, 7) is 4.20. The van der Waals surface area contributed by atoms with Crippen molar-refractivity contribution in [2.24, 2.45) is 5.73 Å². The van der Waals surface area contributed by atoms with Crippen LogP contribution in [0.5, 0.6) is 0 Å². The molecule has 1 aromatic rings. The second-order valence-corrected chi connectivity index (χ2v) is 3.90. The van der Waals surface area contributed by atoms with E-state index >= 15 is 0 Å². The maximum atomic E-state index is 5.87. The van der Waals surface area contributed by atoms with E-state index in [2.05, 4.69) is 37.4 Å². The van der Waals surface area contributed by atoms with E-state index in [9.17, 15) is 0 Å². The van der Waals surface area contributed by atoms with Crippen LogP contribution in [-0.4, -0.2) is 6.04 Å². The van der Waals surface area contributed by atoms with E-state index in [1.165, 1.54) is 10.5 Å². The Labute approximate surface area is 77.9 Å². The van der Waals surface area contributed by atoms with Gasteiger partial charge in [0, 0.05) is 10.9 Å². The third-order valence-electron chi connectivity index (χ3n) is 1.94. The van der Waals surface area contributed by atoms with Crippen LogP contribution < -0.4 is 5.73 Å². The van der Waals surface area contributed by atoms with Gasteiger partial charge in [-0.1, -0.05) is 18.6 Å². The molecule has 0 unspecified atom stereocenters. The standard InChI is InChI=1S/C10H15NS/c1-3-10(11)8(2)7-9-5-4-6-12-9/h4-7,10H,3,11H2,1-2H3/b8-7+/t10-/m1/s1. The predicted molar refractivity (Wildman–Crippen MR) is 56.2 cm³/mol. The molecule has 1 aromatic heterocycles. The Bertz CT molecular complexity index is 249. The van der Waals surface area contributed by atoms with Gasteiger partial charge in [0.05, 0.1) is 0 Å². The highest BCUT2D eigenvalue weighted by atomic mass is 32.1. The van der Waals surface area contributed by atoms with Crippen molar-refractivity contribution in [1.29, 1.82) is 0 Å². The molecule has 12 heavy (non-hydrogen) atoms. The van der Waals surface area contributed by atoms with Gasteiger partial charge in [0.15, 0.2) is 0 Å². The Balaban J connectivity index is 2.69. The maximum absolute atomic E-state index is 5.87. The molecule has 0 bridgehead atoms. The van der Waals surface area contributed by atoms with Crippen LogP contribution in [0.1, 0.15) is 25.1 Å². The number of rotatable bonds is 3. The molecule has 0 aliphatic carbocycles. The molecule has 66 valence electrons. The van der Waals surface area contributed by atoms with Gasteiger partial charge in [-0.05, 0) is 30.9 Å². The number of thiophene rings is 1. The minimum Gasteiger partial charge on any atom is -0.324 e. The summed E-state index contributed by atoms with van der Waals surface area (Å²) in [6, 6.07) is 4.38. The van der Waals surface area contributed by atoms with Crippen LogP contribution in [0.15, 0.2) is 23.1 Å². The van der Waals surface area contributed by atoms with Crippen LogP contribution >= 0.6 is 11.3 Å². The van der Waals surface area contributed by atoms with Gasteiger partial charge in [-0.2, -0.15) is 0 Å². The minimum atomic E-state index is 0.215. The molecule has 2 heteroatoms. The Morgan fingerprint density at radius 3 is 3.00 bits per heavy atom. The number of hydrogen-bond acceptors (Lipinski definition) is 2. The molecule has 0 fully saturated rings. The van der Waals surface area contributed by atoms with Crippen LogP contribution in [-0.2, 0) is 0 Å². The zero-order valence-electron chi connectivity index (χ0n) is 7.58. The first-order chi connectivity index (χ1) is 5.74. The van der Waals surface area contributed by atoms with Crippen LogP contribution in [0, 0.1) is 0 Å². The molecule has 0 spiro atoms. The maximum Gasteiger partial charge on any atom is 0.0270 e. The van der Waals surface area contributed by atoms with Crippen molar-refractivity contribution in [3.63, 3.8) is 0 Å². The summed E-state index contributed by atoms with van der Waals surface area (Å²) in [7, 11) is 0. The van der Waals surface area contributed by atoms with E-state index in [1.807, 2.05) is 0 Å². The van der Waals surface area contributed by atoms with Crippen LogP contribution in [0.25, 0.3) is 6.08 Å². The lowest BCUT2D eigenvalue weighted by molar-refractivity contribution is 0.744. The second kappa shape index (κ2) is 4.43. The van der Waals surface area contributed by atoms with Crippen molar-refractivity contribution < 1.29 is 0 Å². The average molecular weight is 181 g/mol. The molecule has 0 aliphatic rings. The highest BCUT2D eigenvalue weighted by Crippen LogP contribution is 2.15. The minimum absolute atomic E-state index is 0.215. The van der Waals surface area contributed by atoms with E-state index in [-0.39, 0.29) is 6.04 Å². The molecule has 0 radical (unpaired) electrons. The number of nitrogens with two attached hydrogens (primary N) is 1. The largest absolute Gasteiger partial charge is 0.324 e. The third-order valence-corrected chi connectivity index (χ3v) is 2.76. The molecular formula is C10H15NS. The van der Waals surface area contributed by atoms with Gasteiger partial charge in [0.2, 0.25) is 0 Å². The van der Waals surface area contributed by atoms with Gasteiger partial charge in [0.1, 0.15) is 0 Å². The zero-order chi connectivity index (χ0) is 8.97. The summed E-state index contributed by atoms with van der Waals surface area (Å²) in [6.07, 6.45) is 3.17. The lowest BCUT2D eigenvalue weighted by Crippen LogP contribution is -2.19. The van der Waals surface area contributed by atoms with Crippen molar-refractivity contribution in [1.82, 2.24) is 0 Å². The second-order valence-electron chi connectivity index (χ2n) is 2.92. The SMILES string of the molecule is CC[C@@H](N)/C(C)=C/c1cccs1. The van der Waals surface area contributed by atoms with Crippen molar-refractivity contribution in [3.05, 3.63) is 28.0 Å². The molecule has 2 N–H and O–H groups in total. The van der Waals surface area contributed by atoms with E-state index in [4.69, 9.17) is 5.73 Å². The Hall–Kier alpha value is -0.600. The molecule has 1 nitrogen and oxygen atoms in total. The summed E-state index contributed by atoms with van der Waals surface area (Å²) in [5, 5.41) is 2.08. The third kappa shape index (κ3) is 2.47. The molecule has 1 atom stereocenters. The smallest absolute Gasteiger partial charge is 0.0270 e. The lowest BCUT2D eigenvalue weighted by atomic mass is 10.1. The average Bonchev–Trinajstić information content (AvgIpc) is 2.55. The van der Waals surface area contributed by atoms with Gasteiger partial charge in [0.25, 0.3) is 0 Å². The summed E-state index contributed by atoms with van der Waals surface area (Å²) in [4.78, 5) is 1.29. The van der Waals surface area contributed by atoms with Crippen LogP contribution in [0.4, 0.5) is 0 Å².